The van der Waals surface area contributed by atoms with Crippen LogP contribution in [-0.4, -0.2) is 30.1 Å². The molecule has 1 saturated heterocycles. The maximum absolute atomic E-state index is 13.3. The highest BCUT2D eigenvalue weighted by Gasteiger charge is 2.35. The molecule has 5 nitrogen and oxygen atoms in total. The molecule has 1 atom stereocenters. The van der Waals surface area contributed by atoms with Crippen LogP contribution in [0.5, 0.6) is 0 Å². The van der Waals surface area contributed by atoms with Crippen LogP contribution in [0.25, 0.3) is 10.2 Å². The Balaban J connectivity index is 1.76. The Hall–Kier alpha value is -2.39. The maximum atomic E-state index is 13.3. The largest absolute Gasteiger partial charge is 0.459 e. The van der Waals surface area contributed by atoms with Crippen LogP contribution in [0.4, 0.5) is 18.3 Å². The van der Waals surface area contributed by atoms with Crippen LogP contribution in [0.15, 0.2) is 41.0 Å². The number of benzene rings is 1. The second kappa shape index (κ2) is 6.97. The van der Waals surface area contributed by atoms with Gasteiger partial charge < -0.3 is 9.15 Å². The predicted octanol–water partition coefficient (Wildman–Crippen LogP) is 4.73. The van der Waals surface area contributed by atoms with Crippen LogP contribution < -0.4 is 4.90 Å². The number of fused-ring (bicyclic) bond motifs is 1. The average molecular weight is 396 g/mol. The summed E-state index contributed by atoms with van der Waals surface area (Å²) in [5.41, 5.74) is -0.973. The van der Waals surface area contributed by atoms with E-state index in [-0.39, 0.29) is 29.1 Å². The van der Waals surface area contributed by atoms with Crippen molar-refractivity contribution in [2.45, 2.75) is 25.1 Å². The summed E-state index contributed by atoms with van der Waals surface area (Å²) in [6.07, 6.45) is -1.67. The summed E-state index contributed by atoms with van der Waals surface area (Å²) in [6.45, 7) is 0.812. The van der Waals surface area contributed by atoms with Gasteiger partial charge in [0.25, 0.3) is 5.91 Å². The third-order valence-corrected chi connectivity index (χ3v) is 5.37. The first-order chi connectivity index (χ1) is 12.9. The van der Waals surface area contributed by atoms with Gasteiger partial charge in [0, 0.05) is 6.61 Å². The predicted molar refractivity (Wildman–Crippen MR) is 94.0 cm³/mol. The minimum absolute atomic E-state index is 0.100. The van der Waals surface area contributed by atoms with Gasteiger partial charge in [-0.1, -0.05) is 17.4 Å². The lowest BCUT2D eigenvalue weighted by molar-refractivity contribution is -0.136. The number of rotatable bonds is 4. The van der Waals surface area contributed by atoms with E-state index in [1.165, 1.54) is 23.3 Å². The monoisotopic (exact) mass is 396 g/mol. The van der Waals surface area contributed by atoms with E-state index in [2.05, 4.69) is 4.98 Å². The molecule has 3 aromatic rings. The van der Waals surface area contributed by atoms with Crippen molar-refractivity contribution in [2.24, 2.45) is 0 Å². The summed E-state index contributed by atoms with van der Waals surface area (Å²) in [5, 5.41) is 0.193. The van der Waals surface area contributed by atoms with Gasteiger partial charge in [0.2, 0.25) is 0 Å². The molecule has 1 aliphatic heterocycles. The number of thiazole rings is 1. The molecule has 1 aromatic carbocycles. The lowest BCUT2D eigenvalue weighted by atomic mass is 10.2. The van der Waals surface area contributed by atoms with Gasteiger partial charge in [-0.2, -0.15) is 13.2 Å². The smallest absolute Gasteiger partial charge is 0.418 e. The van der Waals surface area contributed by atoms with Gasteiger partial charge in [-0.15, -0.1) is 0 Å². The molecule has 4 rings (SSSR count). The van der Waals surface area contributed by atoms with E-state index in [0.717, 1.165) is 30.2 Å². The minimum atomic E-state index is -4.52. The lowest BCUT2D eigenvalue weighted by Crippen LogP contribution is -2.37. The van der Waals surface area contributed by atoms with Gasteiger partial charge in [0.05, 0.1) is 34.7 Å². The number of nitrogens with zero attached hydrogens (tertiary/aromatic N) is 2. The highest BCUT2D eigenvalue weighted by atomic mass is 32.1. The zero-order valence-corrected chi connectivity index (χ0v) is 14.8. The molecule has 1 fully saturated rings. The molecule has 2 aromatic heterocycles. The summed E-state index contributed by atoms with van der Waals surface area (Å²) in [4.78, 5) is 18.4. The number of carbonyl (C=O) groups excluding carboxylic acids is 1. The van der Waals surface area contributed by atoms with Crippen molar-refractivity contribution in [3.63, 3.8) is 0 Å². The van der Waals surface area contributed by atoms with E-state index < -0.39 is 17.6 Å². The second-order valence-electron chi connectivity index (χ2n) is 6.17. The van der Waals surface area contributed by atoms with Gasteiger partial charge >= 0.3 is 6.18 Å². The standard InChI is InChI=1S/C18H15F3N2O3S/c19-18(20,21)12-5-1-7-14-15(12)22-17(27-14)23(10-11-4-2-8-25-11)16(24)13-6-3-9-26-13/h1,3,5-7,9,11H,2,4,8,10H2. The van der Waals surface area contributed by atoms with Crippen molar-refractivity contribution in [1.82, 2.24) is 4.98 Å². The number of carbonyl (C=O) groups is 1. The summed E-state index contributed by atoms with van der Waals surface area (Å²) in [7, 11) is 0. The Bertz CT molecular complexity index is 947. The van der Waals surface area contributed by atoms with Crippen molar-refractivity contribution in [2.75, 3.05) is 18.1 Å². The highest BCUT2D eigenvalue weighted by molar-refractivity contribution is 7.22. The number of para-hydroxylation sites is 1. The molecule has 0 N–H and O–H groups in total. The fourth-order valence-electron chi connectivity index (χ4n) is 3.05. The van der Waals surface area contributed by atoms with E-state index in [0.29, 0.717) is 11.3 Å². The molecule has 0 aliphatic carbocycles. The summed E-state index contributed by atoms with van der Waals surface area (Å²) in [5.74, 6) is -0.355. The molecule has 0 spiro atoms. The Kier molecular flexibility index (Phi) is 4.65. The van der Waals surface area contributed by atoms with E-state index in [4.69, 9.17) is 9.15 Å². The van der Waals surface area contributed by atoms with Crippen molar-refractivity contribution in [1.29, 1.82) is 0 Å². The van der Waals surface area contributed by atoms with Gasteiger partial charge in [-0.3, -0.25) is 9.69 Å². The lowest BCUT2D eigenvalue weighted by Gasteiger charge is -2.22. The van der Waals surface area contributed by atoms with E-state index >= 15 is 0 Å². The molecule has 9 heteroatoms. The first-order valence-electron chi connectivity index (χ1n) is 8.37. The number of hydrogen-bond donors (Lipinski definition) is 0. The Labute approximate surface area is 156 Å². The van der Waals surface area contributed by atoms with Gasteiger partial charge in [0.15, 0.2) is 10.9 Å². The first kappa shape index (κ1) is 18.0. The summed E-state index contributed by atoms with van der Waals surface area (Å²) >= 11 is 1.04. The fourth-order valence-corrected chi connectivity index (χ4v) is 4.05. The average Bonchev–Trinajstić information content (AvgIpc) is 3.38. The quantitative estimate of drug-likeness (QED) is 0.640. The molecule has 27 heavy (non-hydrogen) atoms. The molecule has 0 saturated carbocycles. The number of amides is 1. The molecule has 1 aliphatic rings. The van der Waals surface area contributed by atoms with Crippen LogP contribution in [0.1, 0.15) is 29.0 Å². The van der Waals surface area contributed by atoms with Crippen LogP contribution >= 0.6 is 11.3 Å². The minimum Gasteiger partial charge on any atom is -0.459 e. The summed E-state index contributed by atoms with van der Waals surface area (Å²) < 4.78 is 51.0. The Morgan fingerprint density at radius 3 is 2.81 bits per heavy atom. The molecule has 142 valence electrons. The number of hydrogen-bond acceptors (Lipinski definition) is 5. The second-order valence-corrected chi connectivity index (χ2v) is 7.18. The van der Waals surface area contributed by atoms with Crippen LogP contribution in [0.3, 0.4) is 0 Å². The molecular weight excluding hydrogens is 381 g/mol. The third kappa shape index (κ3) is 3.57. The number of anilines is 1. The zero-order valence-electron chi connectivity index (χ0n) is 14.0. The Morgan fingerprint density at radius 2 is 2.15 bits per heavy atom. The van der Waals surface area contributed by atoms with Gasteiger partial charge in [0.1, 0.15) is 0 Å². The summed E-state index contributed by atoms with van der Waals surface area (Å²) in [6, 6.07) is 6.99. The Morgan fingerprint density at radius 1 is 1.30 bits per heavy atom. The SMILES string of the molecule is O=C(c1ccco1)N(CC1CCCO1)c1nc2c(C(F)(F)F)cccc2s1. The van der Waals surface area contributed by atoms with Gasteiger partial charge in [-0.25, -0.2) is 4.98 Å². The van der Waals surface area contributed by atoms with Crippen molar-refractivity contribution in [3.8, 4) is 0 Å². The number of aromatic nitrogens is 1. The molecule has 1 unspecified atom stereocenters. The van der Waals surface area contributed by atoms with Crippen LogP contribution in [0, 0.1) is 0 Å². The third-order valence-electron chi connectivity index (χ3n) is 4.33. The van der Waals surface area contributed by atoms with Crippen molar-refractivity contribution in [3.05, 3.63) is 47.9 Å². The highest BCUT2D eigenvalue weighted by Crippen LogP contribution is 2.39. The molecule has 3 heterocycles. The van der Waals surface area contributed by atoms with Crippen molar-refractivity contribution >= 4 is 32.6 Å². The topological polar surface area (TPSA) is 55.6 Å². The number of halogens is 3. The van der Waals surface area contributed by atoms with E-state index in [1.54, 1.807) is 12.1 Å². The molecule has 0 bridgehead atoms. The van der Waals surface area contributed by atoms with Crippen LogP contribution in [0.2, 0.25) is 0 Å². The van der Waals surface area contributed by atoms with Gasteiger partial charge in [-0.05, 0) is 37.1 Å². The molecule has 0 radical (unpaired) electrons. The maximum Gasteiger partial charge on any atom is 0.418 e. The first-order valence-corrected chi connectivity index (χ1v) is 9.19. The zero-order chi connectivity index (χ0) is 19.0. The van der Waals surface area contributed by atoms with Crippen LogP contribution in [-0.2, 0) is 10.9 Å². The van der Waals surface area contributed by atoms with Crippen molar-refractivity contribution < 1.29 is 27.1 Å². The molecule has 1 amide bonds. The number of alkyl halides is 3. The normalized spacial score (nSPS) is 17.5. The fraction of sp³-hybridized carbons (Fsp3) is 0.333. The van der Waals surface area contributed by atoms with E-state index in [1.807, 2.05) is 0 Å². The van der Waals surface area contributed by atoms with E-state index in [9.17, 15) is 18.0 Å². The number of furan rings is 1. The number of ether oxygens (including phenoxy) is 1. The molecular formula is C18H15F3N2O3S.